The maximum absolute atomic E-state index is 12.1. The zero-order chi connectivity index (χ0) is 19.0. The lowest BCUT2D eigenvalue weighted by molar-refractivity contribution is -0.136. The lowest BCUT2D eigenvalue weighted by Crippen LogP contribution is -2.34. The van der Waals surface area contributed by atoms with Crippen LogP contribution in [0.15, 0.2) is 17.8 Å². The summed E-state index contributed by atoms with van der Waals surface area (Å²) in [6, 6.07) is 0. The molecule has 1 aromatic rings. The molecule has 2 heterocycles. The molecule has 0 atom stereocenters. The third-order valence-electron chi connectivity index (χ3n) is 4.02. The highest BCUT2D eigenvalue weighted by Crippen LogP contribution is 2.18. The van der Waals surface area contributed by atoms with Crippen LogP contribution in [-0.4, -0.2) is 63.7 Å². The smallest absolute Gasteiger partial charge is 0.346 e. The lowest BCUT2D eigenvalue weighted by Gasteiger charge is -2.26. The van der Waals surface area contributed by atoms with Gasteiger partial charge in [0.05, 0.1) is 5.75 Å². The molecule has 1 N–H and O–H groups in total. The number of carbonyl (C=O) groups is 1. The molecule has 1 aliphatic heterocycles. The third kappa shape index (κ3) is 6.99. The normalized spacial score (nSPS) is 15.8. The van der Waals surface area contributed by atoms with Crippen LogP contribution in [-0.2, 0) is 17.8 Å². The summed E-state index contributed by atoms with van der Waals surface area (Å²) in [7, 11) is 0. The molecule has 10 heteroatoms. The molecule has 0 saturated carbocycles. The van der Waals surface area contributed by atoms with Crippen LogP contribution in [0.25, 0.3) is 0 Å². The van der Waals surface area contributed by atoms with Crippen molar-refractivity contribution in [3.63, 3.8) is 0 Å². The van der Waals surface area contributed by atoms with Crippen LogP contribution in [0.1, 0.15) is 25.1 Å². The maximum atomic E-state index is 12.1. The molecule has 0 bridgehead atoms. The van der Waals surface area contributed by atoms with Crippen molar-refractivity contribution in [3.8, 4) is 0 Å². The third-order valence-corrected chi connectivity index (χ3v) is 4.99. The summed E-state index contributed by atoms with van der Waals surface area (Å²) in [6.07, 6.45) is 1.75. The number of nitrogens with zero attached hydrogens (tertiary/aromatic N) is 4. The largest absolute Gasteiger partial charge is 0.405 e. The summed E-state index contributed by atoms with van der Waals surface area (Å²) in [4.78, 5) is 14.0. The van der Waals surface area contributed by atoms with Gasteiger partial charge in [-0.05, 0) is 25.9 Å². The first-order chi connectivity index (χ1) is 12.4. The van der Waals surface area contributed by atoms with Gasteiger partial charge in [0.2, 0.25) is 5.91 Å². The molecule has 146 valence electrons. The second-order valence-corrected chi connectivity index (χ2v) is 7.07. The predicted molar refractivity (Wildman–Crippen MR) is 94.0 cm³/mol. The first kappa shape index (κ1) is 20.8. The number of piperidine rings is 1. The van der Waals surface area contributed by atoms with Crippen molar-refractivity contribution in [2.24, 2.45) is 0 Å². The molecule has 0 aromatic carbocycles. The highest BCUT2D eigenvalue weighted by Gasteiger charge is 2.27. The van der Waals surface area contributed by atoms with Gasteiger partial charge < -0.3 is 14.8 Å². The number of halogens is 3. The molecule has 1 saturated heterocycles. The van der Waals surface area contributed by atoms with Crippen LogP contribution in [0, 0.1) is 0 Å². The van der Waals surface area contributed by atoms with Crippen LogP contribution in [0.4, 0.5) is 13.2 Å². The number of likely N-dealkylation sites (tertiary alicyclic amines) is 1. The number of alkyl halides is 3. The van der Waals surface area contributed by atoms with Gasteiger partial charge in [0.15, 0.2) is 5.16 Å². The van der Waals surface area contributed by atoms with Crippen LogP contribution in [0.2, 0.25) is 0 Å². The molecular weight excluding hydrogens is 367 g/mol. The van der Waals surface area contributed by atoms with E-state index in [4.69, 9.17) is 0 Å². The van der Waals surface area contributed by atoms with Gasteiger partial charge in [0.1, 0.15) is 12.4 Å². The number of carbonyl (C=O) groups excluding carboxylic acids is 1. The Hall–Kier alpha value is -1.55. The van der Waals surface area contributed by atoms with Crippen molar-refractivity contribution >= 4 is 17.7 Å². The first-order valence-corrected chi connectivity index (χ1v) is 9.59. The van der Waals surface area contributed by atoms with E-state index in [2.05, 4.69) is 21.7 Å². The zero-order valence-electron chi connectivity index (χ0n) is 14.6. The molecule has 1 amide bonds. The molecule has 1 fully saturated rings. The van der Waals surface area contributed by atoms with Gasteiger partial charge in [-0.3, -0.25) is 4.79 Å². The summed E-state index contributed by atoms with van der Waals surface area (Å²) in [5.74, 6) is -0.0266. The van der Waals surface area contributed by atoms with E-state index in [1.165, 1.54) is 19.3 Å². The number of amides is 1. The standard InChI is InChI=1S/C16H24F3N5OS/c1-2-7-24-13(6-10-23-8-4-3-5-9-23)21-22-15(24)26-11-14(25)20-12-16(17,18)19/h2H,1,3-12H2,(H,20,25). The second-order valence-electron chi connectivity index (χ2n) is 6.13. The minimum Gasteiger partial charge on any atom is -0.346 e. The summed E-state index contributed by atoms with van der Waals surface area (Å²) in [5, 5.41) is 10.6. The van der Waals surface area contributed by atoms with Gasteiger partial charge in [-0.1, -0.05) is 24.3 Å². The summed E-state index contributed by atoms with van der Waals surface area (Å²) in [6.45, 7) is 5.97. The Morgan fingerprint density at radius 3 is 2.65 bits per heavy atom. The van der Waals surface area contributed by atoms with Gasteiger partial charge >= 0.3 is 6.18 Å². The number of aromatic nitrogens is 3. The molecule has 1 aliphatic rings. The number of thioether (sulfide) groups is 1. The average Bonchev–Trinajstić information content (AvgIpc) is 2.99. The summed E-state index contributed by atoms with van der Waals surface area (Å²) >= 11 is 1.08. The average molecular weight is 391 g/mol. The van der Waals surface area contributed by atoms with Gasteiger partial charge in [0, 0.05) is 19.5 Å². The Morgan fingerprint density at radius 1 is 1.27 bits per heavy atom. The van der Waals surface area contributed by atoms with Crippen LogP contribution < -0.4 is 5.32 Å². The molecule has 2 rings (SSSR count). The minimum absolute atomic E-state index is 0.141. The molecular formula is C16H24F3N5OS. The second kappa shape index (κ2) is 9.96. The SMILES string of the molecule is C=CCn1c(CCN2CCCCC2)nnc1SCC(=O)NCC(F)(F)F. The number of hydrogen-bond acceptors (Lipinski definition) is 5. The number of rotatable bonds is 9. The van der Waals surface area contributed by atoms with Crippen molar-refractivity contribution in [3.05, 3.63) is 18.5 Å². The Balaban J connectivity index is 1.88. The molecule has 26 heavy (non-hydrogen) atoms. The molecule has 1 aromatic heterocycles. The van der Waals surface area contributed by atoms with Gasteiger partial charge in [-0.25, -0.2) is 0 Å². The van der Waals surface area contributed by atoms with E-state index < -0.39 is 18.6 Å². The van der Waals surface area contributed by atoms with Crippen LogP contribution in [0.5, 0.6) is 0 Å². The summed E-state index contributed by atoms with van der Waals surface area (Å²) < 4.78 is 38.2. The molecule has 6 nitrogen and oxygen atoms in total. The van der Waals surface area contributed by atoms with Gasteiger partial charge in [0.25, 0.3) is 0 Å². The fourth-order valence-electron chi connectivity index (χ4n) is 2.74. The van der Waals surface area contributed by atoms with E-state index in [-0.39, 0.29) is 5.75 Å². The Morgan fingerprint density at radius 2 is 2.00 bits per heavy atom. The van der Waals surface area contributed by atoms with Crippen molar-refractivity contribution < 1.29 is 18.0 Å². The fraction of sp³-hybridized carbons (Fsp3) is 0.688. The van der Waals surface area contributed by atoms with Crippen molar-refractivity contribution in [1.29, 1.82) is 0 Å². The van der Waals surface area contributed by atoms with E-state index in [0.717, 1.165) is 43.6 Å². The Kier molecular flexibility index (Phi) is 7.95. The number of allylic oxidation sites excluding steroid dienone is 1. The maximum Gasteiger partial charge on any atom is 0.405 e. The highest BCUT2D eigenvalue weighted by atomic mass is 32.2. The van der Waals surface area contributed by atoms with Crippen LogP contribution >= 0.6 is 11.8 Å². The molecule has 0 unspecified atom stereocenters. The lowest BCUT2D eigenvalue weighted by atomic mass is 10.1. The van der Waals surface area contributed by atoms with Crippen molar-refractivity contribution in [2.75, 3.05) is 31.9 Å². The molecule has 0 aliphatic carbocycles. The van der Waals surface area contributed by atoms with E-state index in [9.17, 15) is 18.0 Å². The van der Waals surface area contributed by atoms with E-state index in [0.29, 0.717) is 11.7 Å². The molecule has 0 spiro atoms. The Bertz CT molecular complexity index is 599. The van der Waals surface area contributed by atoms with E-state index in [1.54, 1.807) is 6.08 Å². The Labute approximate surface area is 155 Å². The van der Waals surface area contributed by atoms with Crippen molar-refractivity contribution in [2.45, 2.75) is 43.6 Å². The van der Waals surface area contributed by atoms with Gasteiger partial charge in [-0.15, -0.1) is 16.8 Å². The number of nitrogens with one attached hydrogen (secondary N) is 1. The molecule has 0 radical (unpaired) electrons. The first-order valence-electron chi connectivity index (χ1n) is 8.60. The minimum atomic E-state index is -4.41. The topological polar surface area (TPSA) is 63.1 Å². The quantitative estimate of drug-likeness (QED) is 0.517. The zero-order valence-corrected chi connectivity index (χ0v) is 15.4. The predicted octanol–water partition coefficient (Wildman–Crippen LogP) is 2.26. The van der Waals surface area contributed by atoms with E-state index in [1.807, 2.05) is 9.88 Å². The number of hydrogen-bond donors (Lipinski definition) is 1. The van der Waals surface area contributed by atoms with Crippen molar-refractivity contribution in [1.82, 2.24) is 25.0 Å². The monoisotopic (exact) mass is 391 g/mol. The van der Waals surface area contributed by atoms with Gasteiger partial charge in [-0.2, -0.15) is 13.2 Å². The highest BCUT2D eigenvalue weighted by molar-refractivity contribution is 7.99. The van der Waals surface area contributed by atoms with E-state index >= 15 is 0 Å². The summed E-state index contributed by atoms with van der Waals surface area (Å²) in [5.41, 5.74) is 0. The van der Waals surface area contributed by atoms with Crippen LogP contribution in [0.3, 0.4) is 0 Å². The fourth-order valence-corrected chi connectivity index (χ4v) is 3.54.